The Morgan fingerprint density at radius 2 is 2.25 bits per heavy atom. The first kappa shape index (κ1) is 13.2. The van der Waals surface area contributed by atoms with E-state index in [1.165, 1.54) is 0 Å². The van der Waals surface area contributed by atoms with Gasteiger partial charge in [0.15, 0.2) is 0 Å². The van der Waals surface area contributed by atoms with Gasteiger partial charge >= 0.3 is 0 Å². The number of carbonyl (C=O) groups excluding carboxylic acids is 1. The van der Waals surface area contributed by atoms with Crippen LogP contribution in [0.1, 0.15) is 31.0 Å². The van der Waals surface area contributed by atoms with Crippen molar-refractivity contribution in [2.45, 2.75) is 32.4 Å². The summed E-state index contributed by atoms with van der Waals surface area (Å²) in [4.78, 5) is 12.0. The number of piperazine rings is 1. The van der Waals surface area contributed by atoms with E-state index in [1.807, 2.05) is 26.0 Å². The van der Waals surface area contributed by atoms with Crippen LogP contribution in [0.3, 0.4) is 0 Å². The molecule has 2 aliphatic rings. The third-order valence-electron chi connectivity index (χ3n) is 3.67. The van der Waals surface area contributed by atoms with E-state index in [0.29, 0.717) is 13.2 Å². The molecule has 2 aliphatic heterocycles. The zero-order valence-electron chi connectivity index (χ0n) is 11.9. The second-order valence-electron chi connectivity index (χ2n) is 5.24. The van der Waals surface area contributed by atoms with E-state index in [4.69, 9.17) is 9.47 Å². The molecule has 20 heavy (non-hydrogen) atoms. The molecular weight excluding hydrogens is 256 g/mol. The minimum Gasteiger partial charge on any atom is -0.494 e. The normalized spacial score (nSPS) is 24.8. The van der Waals surface area contributed by atoms with Gasteiger partial charge in [0, 0.05) is 30.6 Å². The second-order valence-corrected chi connectivity index (χ2v) is 5.24. The largest absolute Gasteiger partial charge is 0.494 e. The van der Waals surface area contributed by atoms with Crippen LogP contribution in [-0.2, 0) is 11.2 Å². The molecule has 5 nitrogen and oxygen atoms in total. The fraction of sp³-hybridized carbons (Fsp3) is 0.533. The predicted molar refractivity (Wildman–Crippen MR) is 75.2 cm³/mol. The summed E-state index contributed by atoms with van der Waals surface area (Å²) < 4.78 is 11.5. The lowest BCUT2D eigenvalue weighted by Gasteiger charge is -2.25. The van der Waals surface area contributed by atoms with Gasteiger partial charge in [-0.1, -0.05) is 0 Å². The molecule has 1 aromatic rings. The Morgan fingerprint density at radius 3 is 3.00 bits per heavy atom. The molecule has 2 N–H and O–H groups in total. The Labute approximate surface area is 118 Å². The maximum atomic E-state index is 12.0. The van der Waals surface area contributed by atoms with Crippen LogP contribution in [0.2, 0.25) is 0 Å². The fourth-order valence-corrected chi connectivity index (χ4v) is 2.81. The van der Waals surface area contributed by atoms with Gasteiger partial charge < -0.3 is 20.1 Å². The van der Waals surface area contributed by atoms with Crippen molar-refractivity contribution >= 4 is 5.91 Å². The standard InChI is InChI=1S/C15H20N2O3/c1-3-19-13-7-10-6-9(2)20-12(10)8-11(13)14-15(18)17-5-4-16-14/h7-9,14,16H,3-6H2,1-2H3,(H,17,18). The monoisotopic (exact) mass is 276 g/mol. The average Bonchev–Trinajstić information content (AvgIpc) is 2.78. The Hall–Kier alpha value is -1.75. The molecule has 0 aliphatic carbocycles. The van der Waals surface area contributed by atoms with Gasteiger partial charge in [0.25, 0.3) is 0 Å². The van der Waals surface area contributed by atoms with E-state index < -0.39 is 0 Å². The summed E-state index contributed by atoms with van der Waals surface area (Å²) in [5, 5.41) is 6.12. The van der Waals surface area contributed by atoms with Crippen molar-refractivity contribution in [3.8, 4) is 11.5 Å². The molecule has 2 atom stereocenters. The van der Waals surface area contributed by atoms with E-state index in [-0.39, 0.29) is 18.1 Å². The molecule has 1 aromatic carbocycles. The minimum absolute atomic E-state index is 0.0109. The van der Waals surface area contributed by atoms with Gasteiger partial charge in [0.1, 0.15) is 23.6 Å². The third kappa shape index (κ3) is 2.33. The van der Waals surface area contributed by atoms with Gasteiger partial charge in [-0.2, -0.15) is 0 Å². The molecule has 0 saturated carbocycles. The smallest absolute Gasteiger partial charge is 0.241 e. The molecule has 1 fully saturated rings. The zero-order valence-corrected chi connectivity index (χ0v) is 11.9. The first-order valence-electron chi connectivity index (χ1n) is 7.16. The van der Waals surface area contributed by atoms with Gasteiger partial charge in [-0.15, -0.1) is 0 Å². The van der Waals surface area contributed by atoms with Crippen molar-refractivity contribution in [3.05, 3.63) is 23.3 Å². The van der Waals surface area contributed by atoms with Gasteiger partial charge in [0.2, 0.25) is 5.91 Å². The predicted octanol–water partition coefficient (Wildman–Crippen LogP) is 1.17. The molecule has 2 heterocycles. The summed E-state index contributed by atoms with van der Waals surface area (Å²) in [5.74, 6) is 1.64. The molecule has 0 radical (unpaired) electrons. The number of hydrogen-bond donors (Lipinski definition) is 2. The average molecular weight is 276 g/mol. The van der Waals surface area contributed by atoms with Crippen molar-refractivity contribution < 1.29 is 14.3 Å². The van der Waals surface area contributed by atoms with E-state index in [9.17, 15) is 4.79 Å². The SMILES string of the molecule is CCOc1cc2c(cc1C1NCCNC1=O)OC(C)C2. The topological polar surface area (TPSA) is 59.6 Å². The maximum Gasteiger partial charge on any atom is 0.241 e. The first-order valence-corrected chi connectivity index (χ1v) is 7.16. The van der Waals surface area contributed by atoms with Crippen molar-refractivity contribution in [1.82, 2.24) is 10.6 Å². The molecule has 3 rings (SSSR count). The van der Waals surface area contributed by atoms with Crippen molar-refractivity contribution in [3.63, 3.8) is 0 Å². The van der Waals surface area contributed by atoms with Crippen LogP contribution in [-0.4, -0.2) is 31.7 Å². The van der Waals surface area contributed by atoms with E-state index >= 15 is 0 Å². The Bertz CT molecular complexity index is 530. The number of nitrogens with one attached hydrogen (secondary N) is 2. The first-order chi connectivity index (χ1) is 9.69. The van der Waals surface area contributed by atoms with Crippen LogP contribution >= 0.6 is 0 Å². The minimum atomic E-state index is -0.366. The Kier molecular flexibility index (Phi) is 3.53. The summed E-state index contributed by atoms with van der Waals surface area (Å²) in [5.41, 5.74) is 2.01. The number of ether oxygens (including phenoxy) is 2. The summed E-state index contributed by atoms with van der Waals surface area (Å²) in [7, 11) is 0. The van der Waals surface area contributed by atoms with Crippen LogP contribution in [0, 0.1) is 0 Å². The lowest BCUT2D eigenvalue weighted by atomic mass is 9.99. The third-order valence-corrected chi connectivity index (χ3v) is 3.67. The highest BCUT2D eigenvalue weighted by atomic mass is 16.5. The summed E-state index contributed by atoms with van der Waals surface area (Å²) in [6, 6.07) is 3.60. The second kappa shape index (κ2) is 5.32. The molecule has 0 spiro atoms. The molecule has 0 bridgehead atoms. The van der Waals surface area contributed by atoms with Gasteiger partial charge in [-0.3, -0.25) is 4.79 Å². The molecule has 0 aromatic heterocycles. The lowest BCUT2D eigenvalue weighted by Crippen LogP contribution is -2.47. The number of fused-ring (bicyclic) bond motifs is 1. The Morgan fingerprint density at radius 1 is 1.40 bits per heavy atom. The quantitative estimate of drug-likeness (QED) is 0.870. The van der Waals surface area contributed by atoms with Crippen molar-refractivity contribution in [2.24, 2.45) is 0 Å². The van der Waals surface area contributed by atoms with Crippen LogP contribution in [0.15, 0.2) is 12.1 Å². The lowest BCUT2D eigenvalue weighted by molar-refractivity contribution is -0.124. The number of rotatable bonds is 3. The molecule has 5 heteroatoms. The van der Waals surface area contributed by atoms with Gasteiger partial charge in [-0.25, -0.2) is 0 Å². The molecule has 108 valence electrons. The molecule has 2 unspecified atom stereocenters. The van der Waals surface area contributed by atoms with Crippen molar-refractivity contribution in [1.29, 1.82) is 0 Å². The number of benzene rings is 1. The van der Waals surface area contributed by atoms with Crippen LogP contribution < -0.4 is 20.1 Å². The number of amides is 1. The summed E-state index contributed by atoms with van der Waals surface area (Å²) >= 11 is 0. The highest BCUT2D eigenvalue weighted by Gasteiger charge is 2.29. The fourth-order valence-electron chi connectivity index (χ4n) is 2.81. The van der Waals surface area contributed by atoms with Gasteiger partial charge in [0.05, 0.1) is 6.61 Å². The molecule has 1 amide bonds. The Balaban J connectivity index is 1.99. The number of carbonyl (C=O) groups is 1. The van der Waals surface area contributed by atoms with Gasteiger partial charge in [-0.05, 0) is 26.0 Å². The summed E-state index contributed by atoms with van der Waals surface area (Å²) in [6.45, 7) is 6.00. The van der Waals surface area contributed by atoms with Crippen LogP contribution in [0.5, 0.6) is 11.5 Å². The van der Waals surface area contributed by atoms with Crippen LogP contribution in [0.25, 0.3) is 0 Å². The van der Waals surface area contributed by atoms with Crippen LogP contribution in [0.4, 0.5) is 0 Å². The highest BCUT2D eigenvalue weighted by Crippen LogP contribution is 2.38. The maximum absolute atomic E-state index is 12.0. The van der Waals surface area contributed by atoms with Crippen molar-refractivity contribution in [2.75, 3.05) is 19.7 Å². The highest BCUT2D eigenvalue weighted by molar-refractivity contribution is 5.85. The van der Waals surface area contributed by atoms with E-state index in [1.54, 1.807) is 0 Å². The van der Waals surface area contributed by atoms with E-state index in [0.717, 1.165) is 35.6 Å². The van der Waals surface area contributed by atoms with E-state index in [2.05, 4.69) is 10.6 Å². The zero-order chi connectivity index (χ0) is 14.1. The molecule has 1 saturated heterocycles. The number of hydrogen-bond acceptors (Lipinski definition) is 4. The summed E-state index contributed by atoms with van der Waals surface area (Å²) in [6.07, 6.45) is 1.07. The molecular formula is C15H20N2O3.